The van der Waals surface area contributed by atoms with Gasteiger partial charge in [-0.1, -0.05) is 12.1 Å². The Morgan fingerprint density at radius 3 is 2.25 bits per heavy atom. The van der Waals surface area contributed by atoms with Gasteiger partial charge < -0.3 is 15.9 Å². The third kappa shape index (κ3) is 1.97. The monoisotopic (exact) mass is 279 g/mol. The van der Waals surface area contributed by atoms with Crippen LogP contribution in [0.15, 0.2) is 40.9 Å². The Hall–Kier alpha value is -1.68. The maximum atomic E-state index is 9.79. The lowest BCUT2D eigenvalue weighted by Gasteiger charge is -2.07. The Balaban J connectivity index is 2.56. The molecule has 0 aromatic heterocycles. The topological polar surface area (TPSA) is 66.5 Å². The van der Waals surface area contributed by atoms with E-state index in [4.69, 9.17) is 5.73 Å². The molecule has 82 valence electrons. The molecule has 2 aromatic carbocycles. The highest BCUT2D eigenvalue weighted by atomic mass is 79.9. The van der Waals surface area contributed by atoms with Gasteiger partial charge in [0.25, 0.3) is 0 Å². The normalized spacial score (nSPS) is 10.3. The second-order valence-corrected chi connectivity index (χ2v) is 4.29. The van der Waals surface area contributed by atoms with Crippen LogP contribution >= 0.6 is 15.9 Å². The molecule has 0 fully saturated rings. The molecule has 0 aliphatic carbocycles. The molecular formula is C12H10BrNO2. The Kier molecular flexibility index (Phi) is 2.75. The van der Waals surface area contributed by atoms with E-state index in [0.29, 0.717) is 15.7 Å². The van der Waals surface area contributed by atoms with Gasteiger partial charge >= 0.3 is 0 Å². The van der Waals surface area contributed by atoms with Gasteiger partial charge in [0.1, 0.15) is 11.5 Å². The minimum atomic E-state index is 0.145. The molecule has 3 nitrogen and oxygen atoms in total. The number of aromatic hydroxyl groups is 2. The quantitative estimate of drug-likeness (QED) is 0.555. The van der Waals surface area contributed by atoms with Crippen LogP contribution < -0.4 is 5.73 Å². The lowest BCUT2D eigenvalue weighted by atomic mass is 10.0. The number of nitrogen functional groups attached to an aromatic ring is 1. The van der Waals surface area contributed by atoms with Gasteiger partial charge in [-0.2, -0.15) is 0 Å². The lowest BCUT2D eigenvalue weighted by Crippen LogP contribution is -1.88. The second kappa shape index (κ2) is 4.06. The Morgan fingerprint density at radius 2 is 1.62 bits per heavy atom. The van der Waals surface area contributed by atoms with E-state index in [0.717, 1.165) is 5.56 Å². The highest BCUT2D eigenvalue weighted by Gasteiger charge is 2.07. The van der Waals surface area contributed by atoms with Gasteiger partial charge in [0.05, 0.1) is 0 Å². The van der Waals surface area contributed by atoms with Crippen molar-refractivity contribution in [3.05, 3.63) is 40.9 Å². The van der Waals surface area contributed by atoms with E-state index in [1.165, 1.54) is 0 Å². The third-order valence-corrected chi connectivity index (χ3v) is 2.98. The molecule has 0 aliphatic rings. The van der Waals surface area contributed by atoms with E-state index < -0.39 is 0 Å². The van der Waals surface area contributed by atoms with Crippen molar-refractivity contribution in [2.75, 3.05) is 5.73 Å². The molecule has 0 saturated carbocycles. The molecule has 0 spiro atoms. The van der Waals surface area contributed by atoms with Crippen LogP contribution in [0, 0.1) is 0 Å². The van der Waals surface area contributed by atoms with E-state index in [2.05, 4.69) is 15.9 Å². The molecule has 0 heterocycles. The summed E-state index contributed by atoms with van der Waals surface area (Å²) >= 11 is 3.24. The number of rotatable bonds is 1. The molecule has 0 atom stereocenters. The van der Waals surface area contributed by atoms with Gasteiger partial charge in [-0.25, -0.2) is 0 Å². The van der Waals surface area contributed by atoms with Crippen LogP contribution in [0.2, 0.25) is 0 Å². The zero-order valence-corrected chi connectivity index (χ0v) is 9.90. The fourth-order valence-corrected chi connectivity index (χ4v) is 1.78. The highest BCUT2D eigenvalue weighted by Crippen LogP contribution is 2.35. The van der Waals surface area contributed by atoms with Crippen molar-refractivity contribution in [2.45, 2.75) is 0 Å². The summed E-state index contributed by atoms with van der Waals surface area (Å²) in [5, 5.41) is 19.0. The first-order valence-electron chi connectivity index (χ1n) is 4.65. The largest absolute Gasteiger partial charge is 0.508 e. The van der Waals surface area contributed by atoms with Crippen molar-refractivity contribution in [3.8, 4) is 22.6 Å². The molecule has 16 heavy (non-hydrogen) atoms. The standard InChI is InChI=1S/C12H10BrNO2/c13-10-6-12(16)9(5-11(10)14)7-1-3-8(15)4-2-7/h1-6,15-16H,14H2. The summed E-state index contributed by atoms with van der Waals surface area (Å²) < 4.78 is 0.660. The van der Waals surface area contributed by atoms with Crippen LogP contribution in [0.25, 0.3) is 11.1 Å². The number of phenolic OH excluding ortho intramolecular Hbond substituents is 2. The number of hydrogen-bond acceptors (Lipinski definition) is 3. The van der Waals surface area contributed by atoms with Gasteiger partial charge in [0.2, 0.25) is 0 Å². The third-order valence-electron chi connectivity index (χ3n) is 2.29. The summed E-state index contributed by atoms with van der Waals surface area (Å²) in [4.78, 5) is 0. The average molecular weight is 280 g/mol. The maximum Gasteiger partial charge on any atom is 0.124 e. The van der Waals surface area contributed by atoms with Crippen molar-refractivity contribution in [3.63, 3.8) is 0 Å². The predicted octanol–water partition coefficient (Wildman–Crippen LogP) is 3.11. The van der Waals surface area contributed by atoms with Gasteiger partial charge in [0, 0.05) is 15.7 Å². The summed E-state index contributed by atoms with van der Waals surface area (Å²) in [5.74, 6) is 0.333. The van der Waals surface area contributed by atoms with Crippen LogP contribution in [0.1, 0.15) is 0 Å². The van der Waals surface area contributed by atoms with Crippen LogP contribution in [0.5, 0.6) is 11.5 Å². The van der Waals surface area contributed by atoms with Crippen LogP contribution in [-0.4, -0.2) is 10.2 Å². The first-order valence-corrected chi connectivity index (χ1v) is 5.44. The molecule has 2 aromatic rings. The predicted molar refractivity (Wildman–Crippen MR) is 67.3 cm³/mol. The van der Waals surface area contributed by atoms with Gasteiger partial charge in [0.15, 0.2) is 0 Å². The molecule has 0 aliphatic heterocycles. The molecule has 2 rings (SSSR count). The average Bonchev–Trinajstić information content (AvgIpc) is 2.25. The molecule has 0 amide bonds. The molecule has 4 N–H and O–H groups in total. The van der Waals surface area contributed by atoms with Gasteiger partial charge in [-0.05, 0) is 45.8 Å². The number of benzene rings is 2. The fraction of sp³-hybridized carbons (Fsp3) is 0. The smallest absolute Gasteiger partial charge is 0.124 e. The second-order valence-electron chi connectivity index (χ2n) is 3.44. The summed E-state index contributed by atoms with van der Waals surface area (Å²) in [7, 11) is 0. The number of phenols is 2. The maximum absolute atomic E-state index is 9.79. The number of hydrogen-bond donors (Lipinski definition) is 3. The molecule has 0 unspecified atom stereocenters. The summed E-state index contributed by atoms with van der Waals surface area (Å²) in [6, 6.07) is 9.80. The number of anilines is 1. The molecule has 4 heteroatoms. The Labute approximate surface area is 101 Å². The molecule has 0 saturated heterocycles. The number of nitrogens with two attached hydrogens (primary N) is 1. The summed E-state index contributed by atoms with van der Waals surface area (Å²) in [6.07, 6.45) is 0. The van der Waals surface area contributed by atoms with Crippen LogP contribution in [0.4, 0.5) is 5.69 Å². The Bertz CT molecular complexity index is 523. The summed E-state index contributed by atoms with van der Waals surface area (Å²) in [5.41, 5.74) is 7.75. The highest BCUT2D eigenvalue weighted by molar-refractivity contribution is 9.10. The van der Waals surface area contributed by atoms with Gasteiger partial charge in [-0.15, -0.1) is 0 Å². The first kappa shape index (κ1) is 10.8. The van der Waals surface area contributed by atoms with E-state index in [1.54, 1.807) is 36.4 Å². The van der Waals surface area contributed by atoms with Crippen LogP contribution in [-0.2, 0) is 0 Å². The minimum absolute atomic E-state index is 0.145. The van der Waals surface area contributed by atoms with E-state index in [9.17, 15) is 10.2 Å². The molecule has 0 radical (unpaired) electrons. The van der Waals surface area contributed by atoms with E-state index in [1.807, 2.05) is 0 Å². The SMILES string of the molecule is Nc1cc(-c2ccc(O)cc2)c(O)cc1Br. The van der Waals surface area contributed by atoms with Crippen molar-refractivity contribution in [1.29, 1.82) is 0 Å². The lowest BCUT2D eigenvalue weighted by molar-refractivity contribution is 0.474. The van der Waals surface area contributed by atoms with Crippen molar-refractivity contribution >= 4 is 21.6 Å². The summed E-state index contributed by atoms with van der Waals surface area (Å²) in [6.45, 7) is 0. The van der Waals surface area contributed by atoms with Crippen LogP contribution in [0.3, 0.4) is 0 Å². The fourth-order valence-electron chi connectivity index (χ4n) is 1.45. The molecular weight excluding hydrogens is 270 g/mol. The van der Waals surface area contributed by atoms with E-state index >= 15 is 0 Å². The van der Waals surface area contributed by atoms with Crippen molar-refractivity contribution in [2.24, 2.45) is 0 Å². The molecule has 0 bridgehead atoms. The Morgan fingerprint density at radius 1 is 1.00 bits per heavy atom. The van der Waals surface area contributed by atoms with E-state index in [-0.39, 0.29) is 11.5 Å². The first-order chi connectivity index (χ1) is 7.58. The zero-order chi connectivity index (χ0) is 11.7. The van der Waals surface area contributed by atoms with Gasteiger partial charge in [-0.3, -0.25) is 0 Å². The van der Waals surface area contributed by atoms with Crippen molar-refractivity contribution < 1.29 is 10.2 Å². The minimum Gasteiger partial charge on any atom is -0.508 e. The zero-order valence-electron chi connectivity index (χ0n) is 8.31. The number of halogens is 1. The van der Waals surface area contributed by atoms with Crippen molar-refractivity contribution in [1.82, 2.24) is 0 Å².